The van der Waals surface area contributed by atoms with Gasteiger partial charge >= 0.3 is 5.97 Å². The first-order chi connectivity index (χ1) is 9.29. The van der Waals surface area contributed by atoms with E-state index in [1.54, 1.807) is 0 Å². The third kappa shape index (κ3) is 4.24. The number of hydrogen-bond donors (Lipinski definition) is 1. The number of benzene rings is 1. The molecule has 0 saturated carbocycles. The molecule has 4 nitrogen and oxygen atoms in total. The molecule has 0 amide bonds. The molecule has 1 heterocycles. The molecule has 0 atom stereocenters. The lowest BCUT2D eigenvalue weighted by molar-refractivity contribution is -0.143. The van der Waals surface area contributed by atoms with Crippen LogP contribution in [0.3, 0.4) is 0 Å². The van der Waals surface area contributed by atoms with Crippen LogP contribution in [-0.2, 0) is 16.0 Å². The summed E-state index contributed by atoms with van der Waals surface area (Å²) in [6.45, 7) is 6.50. The molecule has 0 radical (unpaired) electrons. The number of carbonyl (C=O) groups is 1. The molecule has 0 unspecified atom stereocenters. The van der Waals surface area contributed by atoms with Crippen LogP contribution in [0, 0.1) is 0 Å². The number of ether oxygens (including phenoxy) is 1. The first kappa shape index (κ1) is 13.9. The molecule has 19 heavy (non-hydrogen) atoms. The van der Waals surface area contributed by atoms with Gasteiger partial charge in [-0.1, -0.05) is 12.1 Å². The summed E-state index contributed by atoms with van der Waals surface area (Å²) in [6, 6.07) is 8.50. The van der Waals surface area contributed by atoms with Crippen LogP contribution in [0.4, 0.5) is 5.69 Å². The van der Waals surface area contributed by atoms with Crippen molar-refractivity contribution in [2.75, 3.05) is 37.7 Å². The van der Waals surface area contributed by atoms with Gasteiger partial charge in [-0.2, -0.15) is 0 Å². The van der Waals surface area contributed by atoms with E-state index in [9.17, 15) is 4.79 Å². The van der Waals surface area contributed by atoms with Crippen LogP contribution in [0.25, 0.3) is 0 Å². The molecule has 1 aliphatic heterocycles. The highest BCUT2D eigenvalue weighted by atomic mass is 16.5. The number of hydrogen-bond acceptors (Lipinski definition) is 4. The molecule has 1 aromatic rings. The first-order valence-electron chi connectivity index (χ1n) is 7.00. The average molecular weight is 262 g/mol. The summed E-state index contributed by atoms with van der Waals surface area (Å²) in [5, 5.41) is 3.35. The summed E-state index contributed by atoms with van der Waals surface area (Å²) in [5.41, 5.74) is 2.45. The molecule has 2 rings (SSSR count). The van der Waals surface area contributed by atoms with Gasteiger partial charge in [0, 0.05) is 38.3 Å². The quantitative estimate of drug-likeness (QED) is 0.818. The Bertz CT molecular complexity index is 397. The molecule has 1 aromatic carbocycles. The van der Waals surface area contributed by atoms with E-state index in [-0.39, 0.29) is 5.97 Å². The predicted octanol–water partition coefficient (Wildman–Crippen LogP) is 1.59. The number of anilines is 1. The van der Waals surface area contributed by atoms with Gasteiger partial charge in [0.05, 0.1) is 6.61 Å². The number of nitrogens with zero attached hydrogens (tertiary/aromatic N) is 1. The summed E-state index contributed by atoms with van der Waals surface area (Å²) in [6.07, 6.45) is 1.21. The molecule has 4 heteroatoms. The summed E-state index contributed by atoms with van der Waals surface area (Å²) >= 11 is 0. The Balaban J connectivity index is 1.85. The van der Waals surface area contributed by atoms with E-state index >= 15 is 0 Å². The molecule has 0 bridgehead atoms. The third-order valence-corrected chi connectivity index (χ3v) is 3.34. The van der Waals surface area contributed by atoms with Crippen molar-refractivity contribution in [2.24, 2.45) is 0 Å². The predicted molar refractivity (Wildman–Crippen MR) is 76.5 cm³/mol. The van der Waals surface area contributed by atoms with E-state index in [1.807, 2.05) is 6.92 Å². The van der Waals surface area contributed by atoms with Gasteiger partial charge in [0.25, 0.3) is 0 Å². The van der Waals surface area contributed by atoms with Crippen LogP contribution in [-0.4, -0.2) is 38.8 Å². The number of nitrogens with one attached hydrogen (secondary N) is 1. The van der Waals surface area contributed by atoms with Gasteiger partial charge in [0.15, 0.2) is 0 Å². The lowest BCUT2D eigenvalue weighted by atomic mass is 10.1. The van der Waals surface area contributed by atoms with Gasteiger partial charge < -0.3 is 15.0 Å². The Hall–Kier alpha value is -1.55. The molecule has 104 valence electrons. The normalized spacial score (nSPS) is 15.3. The fraction of sp³-hybridized carbons (Fsp3) is 0.533. The Kier molecular flexibility index (Phi) is 5.21. The smallest absolute Gasteiger partial charge is 0.306 e. The van der Waals surface area contributed by atoms with Gasteiger partial charge in [-0.05, 0) is 31.0 Å². The average Bonchev–Trinajstić information content (AvgIpc) is 2.47. The summed E-state index contributed by atoms with van der Waals surface area (Å²) in [4.78, 5) is 13.7. The lowest BCUT2D eigenvalue weighted by Crippen LogP contribution is -2.43. The zero-order valence-electron chi connectivity index (χ0n) is 11.5. The van der Waals surface area contributed by atoms with Gasteiger partial charge in [0.1, 0.15) is 0 Å². The maximum Gasteiger partial charge on any atom is 0.306 e. The van der Waals surface area contributed by atoms with Crippen LogP contribution in [0.2, 0.25) is 0 Å². The molecule has 0 spiro atoms. The van der Waals surface area contributed by atoms with Gasteiger partial charge in [-0.3, -0.25) is 4.79 Å². The second kappa shape index (κ2) is 7.14. The molecule has 1 N–H and O–H groups in total. The highest BCUT2D eigenvalue weighted by molar-refractivity contribution is 5.69. The van der Waals surface area contributed by atoms with E-state index < -0.39 is 0 Å². The topological polar surface area (TPSA) is 41.6 Å². The van der Waals surface area contributed by atoms with Crippen LogP contribution >= 0.6 is 0 Å². The van der Waals surface area contributed by atoms with Crippen molar-refractivity contribution in [3.8, 4) is 0 Å². The fourth-order valence-corrected chi connectivity index (χ4v) is 2.28. The maximum atomic E-state index is 11.3. The number of aryl methyl sites for hydroxylation is 1. The van der Waals surface area contributed by atoms with Crippen LogP contribution < -0.4 is 10.2 Å². The fourth-order valence-electron chi connectivity index (χ4n) is 2.28. The maximum absolute atomic E-state index is 11.3. The lowest BCUT2D eigenvalue weighted by Gasteiger charge is -2.29. The van der Waals surface area contributed by atoms with Crippen LogP contribution in [0.15, 0.2) is 24.3 Å². The Morgan fingerprint density at radius 2 is 1.95 bits per heavy atom. The van der Waals surface area contributed by atoms with E-state index in [0.717, 1.165) is 32.6 Å². The SMILES string of the molecule is CCOC(=O)CCc1ccc(N2CCNCC2)cc1. The zero-order valence-corrected chi connectivity index (χ0v) is 11.5. The Labute approximate surface area is 114 Å². The van der Waals surface area contributed by atoms with Crippen molar-refractivity contribution in [2.45, 2.75) is 19.8 Å². The summed E-state index contributed by atoms with van der Waals surface area (Å²) < 4.78 is 4.93. The van der Waals surface area contributed by atoms with Gasteiger partial charge in [-0.25, -0.2) is 0 Å². The van der Waals surface area contributed by atoms with Gasteiger partial charge in [0.2, 0.25) is 0 Å². The molecule has 0 aromatic heterocycles. The second-order valence-electron chi connectivity index (χ2n) is 4.71. The summed E-state index contributed by atoms with van der Waals surface area (Å²) in [7, 11) is 0. The molecule has 1 aliphatic rings. The molecule has 0 aliphatic carbocycles. The van der Waals surface area contributed by atoms with Gasteiger partial charge in [-0.15, -0.1) is 0 Å². The highest BCUT2D eigenvalue weighted by Crippen LogP contribution is 2.16. The molecular weight excluding hydrogens is 240 g/mol. The highest BCUT2D eigenvalue weighted by Gasteiger charge is 2.10. The number of piperazine rings is 1. The van der Waals surface area contributed by atoms with E-state index in [4.69, 9.17) is 4.74 Å². The van der Waals surface area contributed by atoms with Crippen molar-refractivity contribution < 1.29 is 9.53 Å². The van der Waals surface area contributed by atoms with Crippen LogP contribution in [0.5, 0.6) is 0 Å². The number of carbonyl (C=O) groups excluding carboxylic acids is 1. The van der Waals surface area contributed by atoms with Crippen molar-refractivity contribution in [1.29, 1.82) is 0 Å². The Morgan fingerprint density at radius 1 is 1.26 bits per heavy atom. The minimum absolute atomic E-state index is 0.117. The van der Waals surface area contributed by atoms with Crippen LogP contribution in [0.1, 0.15) is 18.9 Å². The van der Waals surface area contributed by atoms with E-state index in [1.165, 1.54) is 11.3 Å². The third-order valence-electron chi connectivity index (χ3n) is 3.34. The molecular formula is C15H22N2O2. The molecule has 1 saturated heterocycles. The summed E-state index contributed by atoms with van der Waals surface area (Å²) in [5.74, 6) is -0.117. The van der Waals surface area contributed by atoms with E-state index in [2.05, 4.69) is 34.5 Å². The monoisotopic (exact) mass is 262 g/mol. The Morgan fingerprint density at radius 3 is 2.58 bits per heavy atom. The minimum Gasteiger partial charge on any atom is -0.466 e. The largest absolute Gasteiger partial charge is 0.466 e. The standard InChI is InChI=1S/C15H22N2O2/c1-2-19-15(18)8-5-13-3-6-14(7-4-13)17-11-9-16-10-12-17/h3-4,6-7,16H,2,5,8-12H2,1H3. The number of esters is 1. The zero-order chi connectivity index (χ0) is 13.5. The molecule has 1 fully saturated rings. The number of rotatable bonds is 5. The van der Waals surface area contributed by atoms with Crippen molar-refractivity contribution in [1.82, 2.24) is 5.32 Å². The second-order valence-corrected chi connectivity index (χ2v) is 4.71. The van der Waals surface area contributed by atoms with E-state index in [0.29, 0.717) is 13.0 Å². The van der Waals surface area contributed by atoms with Crippen molar-refractivity contribution in [3.63, 3.8) is 0 Å². The van der Waals surface area contributed by atoms with Crippen molar-refractivity contribution >= 4 is 11.7 Å². The first-order valence-corrected chi connectivity index (χ1v) is 7.00. The van der Waals surface area contributed by atoms with Crippen molar-refractivity contribution in [3.05, 3.63) is 29.8 Å². The minimum atomic E-state index is -0.117.